The van der Waals surface area contributed by atoms with Gasteiger partial charge in [-0.25, -0.2) is 0 Å². The molecular weight excluding hydrogens is 408 g/mol. The summed E-state index contributed by atoms with van der Waals surface area (Å²) in [7, 11) is 0. The number of aliphatic hydroxyl groups is 1. The third-order valence-corrected chi connectivity index (χ3v) is 5.87. The van der Waals surface area contributed by atoms with Crippen LogP contribution in [0.25, 0.3) is 0 Å². The first-order valence-corrected chi connectivity index (χ1v) is 10.6. The smallest absolute Gasteiger partial charge is 0.326 e. The van der Waals surface area contributed by atoms with E-state index in [1.165, 1.54) is 11.8 Å². The molecule has 30 heavy (non-hydrogen) atoms. The second kappa shape index (κ2) is 9.86. The number of hydrogen-bond donors (Lipinski definition) is 3. The van der Waals surface area contributed by atoms with E-state index >= 15 is 0 Å². The zero-order chi connectivity index (χ0) is 21.6. The first kappa shape index (κ1) is 22.0. The highest BCUT2D eigenvalue weighted by Crippen LogP contribution is 2.31. The van der Waals surface area contributed by atoms with Crippen molar-refractivity contribution in [3.8, 4) is 0 Å². The Morgan fingerprint density at radius 3 is 2.97 bits per heavy atom. The molecular formula is C20H24N4O5S. The lowest BCUT2D eigenvalue weighted by molar-refractivity contribution is -0.148. The second-order valence-corrected chi connectivity index (χ2v) is 8.11. The number of rotatable bonds is 3. The lowest BCUT2D eigenvalue weighted by atomic mass is 10.1. The van der Waals surface area contributed by atoms with Crippen LogP contribution in [0.2, 0.25) is 0 Å². The van der Waals surface area contributed by atoms with E-state index in [4.69, 9.17) is 9.84 Å². The fraction of sp³-hybridized carbons (Fsp3) is 0.450. The molecule has 4 bridgehead atoms. The van der Waals surface area contributed by atoms with Crippen LogP contribution in [0, 0.1) is 0 Å². The monoisotopic (exact) mass is 432 g/mol. The van der Waals surface area contributed by atoms with Crippen LogP contribution < -0.4 is 10.6 Å². The van der Waals surface area contributed by atoms with E-state index in [0.29, 0.717) is 22.9 Å². The minimum absolute atomic E-state index is 0.0550. The number of esters is 1. The van der Waals surface area contributed by atoms with Gasteiger partial charge in [0, 0.05) is 24.1 Å². The summed E-state index contributed by atoms with van der Waals surface area (Å²) in [4.78, 5) is 46.0. The summed E-state index contributed by atoms with van der Waals surface area (Å²) in [5.74, 6) is -0.893. The molecule has 0 fully saturated rings. The molecule has 3 rings (SSSR count). The number of nitrogens with zero attached hydrogens (tertiary/aromatic N) is 2. The van der Waals surface area contributed by atoms with Crippen LogP contribution in [0.4, 0.5) is 0 Å². The van der Waals surface area contributed by atoms with E-state index in [1.54, 1.807) is 25.3 Å². The number of carbonyl (C=O) groups excluding carboxylic acids is 3. The lowest BCUT2D eigenvalue weighted by Crippen LogP contribution is -2.46. The zero-order valence-electron chi connectivity index (χ0n) is 16.6. The third-order valence-electron chi connectivity index (χ3n) is 4.57. The topological polar surface area (TPSA) is 130 Å². The average molecular weight is 433 g/mol. The van der Waals surface area contributed by atoms with Crippen molar-refractivity contribution in [3.63, 3.8) is 0 Å². The molecule has 2 aliphatic heterocycles. The summed E-state index contributed by atoms with van der Waals surface area (Å²) in [5.41, 5.74) is 0.487. The van der Waals surface area contributed by atoms with Gasteiger partial charge in [-0.3, -0.25) is 24.4 Å². The zero-order valence-corrected chi connectivity index (χ0v) is 17.4. The second-order valence-electron chi connectivity index (χ2n) is 7.15. The summed E-state index contributed by atoms with van der Waals surface area (Å²) in [6, 6.07) is 3.64. The van der Waals surface area contributed by atoms with Gasteiger partial charge in [-0.2, -0.15) is 0 Å². The Labute approximate surface area is 178 Å². The van der Waals surface area contributed by atoms with Gasteiger partial charge in [0.25, 0.3) is 0 Å². The molecule has 2 unspecified atom stereocenters. The molecule has 3 heterocycles. The van der Waals surface area contributed by atoms with E-state index < -0.39 is 17.6 Å². The quantitative estimate of drug-likeness (QED) is 0.463. The number of hydrogen-bond acceptors (Lipinski definition) is 8. The van der Waals surface area contributed by atoms with Crippen molar-refractivity contribution < 1.29 is 24.2 Å². The Bertz CT molecular complexity index is 888. The number of amides is 2. The molecule has 1 aromatic heterocycles. The highest BCUT2D eigenvalue weighted by Gasteiger charge is 2.38. The van der Waals surface area contributed by atoms with Gasteiger partial charge in [-0.05, 0) is 31.6 Å². The van der Waals surface area contributed by atoms with Crippen LogP contribution in [0.1, 0.15) is 31.0 Å². The molecule has 2 amide bonds. The molecule has 0 radical (unpaired) electrons. The number of cyclic esters (lactones) is 1. The predicted octanol–water partition coefficient (Wildman–Crippen LogP) is 0.320. The number of fused-ring (bicyclic) bond motifs is 4. The number of aliphatic hydroxyl groups excluding tert-OH is 1. The summed E-state index contributed by atoms with van der Waals surface area (Å²) >= 11 is 1.46. The maximum absolute atomic E-state index is 12.6. The van der Waals surface area contributed by atoms with Crippen LogP contribution in [0.3, 0.4) is 0 Å². The number of ether oxygens (including phenoxy) is 1. The maximum Gasteiger partial charge on any atom is 0.326 e. The highest BCUT2D eigenvalue weighted by molar-refractivity contribution is 8.14. The van der Waals surface area contributed by atoms with Gasteiger partial charge in [-0.1, -0.05) is 6.08 Å². The Hall–Kier alpha value is -2.72. The normalized spacial score (nSPS) is 25.5. The third kappa shape index (κ3) is 5.67. The van der Waals surface area contributed by atoms with Crippen molar-refractivity contribution in [2.24, 2.45) is 4.99 Å². The SMILES string of the molecule is CC12CSC(=N1)c1ccnc(c1)CNC(=O)CC(/C=C/CCO)OC(=O)CNC2=O. The molecule has 2 atom stereocenters. The standard InChI is InChI=1S/C20H24N4O5S/c1-20-12-30-18(24-20)13-5-6-21-14(8-13)10-22-16(26)9-15(4-2-3-7-25)29-17(27)11-23-19(20)28/h2,4-6,8,15,25H,3,7,9-12H2,1H3,(H,22,26)(H,23,28)/b4-2+. The summed E-state index contributed by atoms with van der Waals surface area (Å²) in [6.07, 6.45) is 4.32. The fourth-order valence-corrected chi connectivity index (χ4v) is 4.11. The van der Waals surface area contributed by atoms with Crippen molar-refractivity contribution in [2.45, 2.75) is 38.0 Å². The molecule has 160 valence electrons. The minimum atomic E-state index is -0.991. The molecule has 0 saturated heterocycles. The number of carbonyl (C=O) groups is 3. The van der Waals surface area contributed by atoms with E-state index in [-0.39, 0.29) is 37.9 Å². The Kier molecular flexibility index (Phi) is 7.22. The van der Waals surface area contributed by atoms with Gasteiger partial charge < -0.3 is 20.5 Å². The van der Waals surface area contributed by atoms with Gasteiger partial charge in [0.15, 0.2) is 0 Å². The molecule has 10 heteroatoms. The Balaban J connectivity index is 1.85. The molecule has 1 aromatic rings. The number of nitrogens with one attached hydrogen (secondary N) is 2. The molecule has 0 saturated carbocycles. The summed E-state index contributed by atoms with van der Waals surface area (Å²) in [5, 5.41) is 15.0. The summed E-state index contributed by atoms with van der Waals surface area (Å²) in [6.45, 7) is 1.55. The number of thioether (sulfide) groups is 1. The van der Waals surface area contributed by atoms with Crippen LogP contribution in [0.5, 0.6) is 0 Å². The average Bonchev–Trinajstić information content (AvgIpc) is 3.14. The Morgan fingerprint density at radius 1 is 1.33 bits per heavy atom. The Morgan fingerprint density at radius 2 is 2.17 bits per heavy atom. The van der Waals surface area contributed by atoms with Crippen LogP contribution >= 0.6 is 11.8 Å². The largest absolute Gasteiger partial charge is 0.456 e. The number of pyridine rings is 1. The summed E-state index contributed by atoms with van der Waals surface area (Å²) < 4.78 is 5.33. The van der Waals surface area contributed by atoms with Crippen LogP contribution in [-0.2, 0) is 25.7 Å². The van der Waals surface area contributed by atoms with Gasteiger partial charge in [-0.15, -0.1) is 11.8 Å². The molecule has 3 N–H and O–H groups in total. The van der Waals surface area contributed by atoms with Crippen molar-refractivity contribution in [1.82, 2.24) is 15.6 Å². The van der Waals surface area contributed by atoms with Gasteiger partial charge >= 0.3 is 5.97 Å². The molecule has 0 spiro atoms. The molecule has 0 aliphatic carbocycles. The van der Waals surface area contributed by atoms with E-state index in [2.05, 4.69) is 20.6 Å². The maximum atomic E-state index is 12.6. The van der Waals surface area contributed by atoms with E-state index in [9.17, 15) is 14.4 Å². The number of aliphatic imine (C=N–C) groups is 1. The van der Waals surface area contributed by atoms with Crippen LogP contribution in [0.15, 0.2) is 35.5 Å². The van der Waals surface area contributed by atoms with E-state index in [1.807, 2.05) is 12.1 Å². The molecule has 9 nitrogen and oxygen atoms in total. The van der Waals surface area contributed by atoms with Gasteiger partial charge in [0.1, 0.15) is 18.2 Å². The first-order valence-electron chi connectivity index (χ1n) is 9.59. The fourth-order valence-electron chi connectivity index (χ4n) is 2.94. The van der Waals surface area contributed by atoms with Crippen molar-refractivity contribution in [1.29, 1.82) is 0 Å². The highest BCUT2D eigenvalue weighted by atomic mass is 32.2. The number of aromatic nitrogens is 1. The van der Waals surface area contributed by atoms with Crippen molar-refractivity contribution in [2.75, 3.05) is 18.9 Å². The van der Waals surface area contributed by atoms with Crippen molar-refractivity contribution in [3.05, 3.63) is 41.7 Å². The lowest BCUT2D eigenvalue weighted by Gasteiger charge is -2.19. The van der Waals surface area contributed by atoms with Gasteiger partial charge in [0.05, 0.1) is 23.7 Å². The van der Waals surface area contributed by atoms with E-state index in [0.717, 1.165) is 5.56 Å². The predicted molar refractivity (Wildman–Crippen MR) is 112 cm³/mol. The minimum Gasteiger partial charge on any atom is -0.456 e. The molecule has 0 aromatic carbocycles. The van der Waals surface area contributed by atoms with Crippen LogP contribution in [-0.4, -0.2) is 63.5 Å². The first-order chi connectivity index (χ1) is 14.4. The van der Waals surface area contributed by atoms with Gasteiger partial charge in [0.2, 0.25) is 11.8 Å². The molecule has 2 aliphatic rings. The van der Waals surface area contributed by atoms with Crippen molar-refractivity contribution >= 4 is 34.6 Å².